The average molecular weight is 245 g/mol. The van der Waals surface area contributed by atoms with E-state index in [0.29, 0.717) is 5.56 Å². The molecule has 90 valence electrons. The third-order valence-electron chi connectivity index (χ3n) is 2.85. The van der Waals surface area contributed by atoms with Crippen LogP contribution in [0.4, 0.5) is 11.4 Å². The van der Waals surface area contributed by atoms with Crippen LogP contribution in [-0.2, 0) is 0 Å². The van der Waals surface area contributed by atoms with E-state index in [1.54, 1.807) is 6.20 Å². The number of nitrogens with one attached hydrogen (secondary N) is 1. The molecule has 0 bridgehead atoms. The Kier molecular flexibility index (Phi) is 2.83. The first-order valence-corrected chi connectivity index (χ1v) is 5.98. The summed E-state index contributed by atoms with van der Waals surface area (Å²) in [6.07, 6.45) is 1.59. The second-order valence-electron chi connectivity index (χ2n) is 4.20. The summed E-state index contributed by atoms with van der Waals surface area (Å²) in [5.41, 5.74) is 4.09. The maximum Gasteiger partial charge on any atom is 0.101 e. The Bertz CT molecular complexity index is 751. The highest BCUT2D eigenvalue weighted by Crippen LogP contribution is 2.36. The number of rotatable bonds is 0. The number of benzene rings is 2. The predicted molar refractivity (Wildman–Crippen MR) is 76.2 cm³/mol. The SMILES string of the molecule is N#Cc1cnc2ccccc2c1.c1ccc2c(c1)N2. The van der Waals surface area contributed by atoms with Crippen LogP contribution in [0.1, 0.15) is 5.56 Å². The van der Waals surface area contributed by atoms with Gasteiger partial charge in [0, 0.05) is 11.6 Å². The van der Waals surface area contributed by atoms with Gasteiger partial charge >= 0.3 is 0 Å². The molecular formula is C16H11N3. The van der Waals surface area contributed by atoms with Crippen LogP contribution in [0.3, 0.4) is 0 Å². The molecule has 3 heteroatoms. The number of para-hydroxylation sites is 3. The molecular weight excluding hydrogens is 234 g/mol. The maximum absolute atomic E-state index is 8.61. The van der Waals surface area contributed by atoms with Crippen LogP contribution < -0.4 is 5.32 Å². The van der Waals surface area contributed by atoms with Crippen molar-refractivity contribution in [3.63, 3.8) is 0 Å². The first kappa shape index (κ1) is 11.2. The fraction of sp³-hybridized carbons (Fsp3) is 0. The number of anilines is 2. The Hall–Kier alpha value is -2.86. The van der Waals surface area contributed by atoms with Gasteiger partial charge in [-0.15, -0.1) is 0 Å². The Balaban J connectivity index is 0.000000132. The van der Waals surface area contributed by atoms with Crippen molar-refractivity contribution >= 4 is 22.3 Å². The van der Waals surface area contributed by atoms with Crippen molar-refractivity contribution in [2.75, 3.05) is 5.32 Å². The van der Waals surface area contributed by atoms with Crippen molar-refractivity contribution in [3.8, 4) is 6.07 Å². The second-order valence-corrected chi connectivity index (χ2v) is 4.20. The second kappa shape index (κ2) is 4.79. The van der Waals surface area contributed by atoms with Gasteiger partial charge in [0.05, 0.1) is 22.5 Å². The van der Waals surface area contributed by atoms with Gasteiger partial charge in [-0.1, -0.05) is 30.3 Å². The van der Waals surface area contributed by atoms with Gasteiger partial charge in [0.15, 0.2) is 0 Å². The van der Waals surface area contributed by atoms with Gasteiger partial charge in [0.25, 0.3) is 0 Å². The van der Waals surface area contributed by atoms with Crippen LogP contribution in [0.15, 0.2) is 60.8 Å². The fourth-order valence-electron chi connectivity index (χ4n) is 1.81. The minimum absolute atomic E-state index is 0.605. The van der Waals surface area contributed by atoms with Crippen LogP contribution in [-0.4, -0.2) is 4.98 Å². The van der Waals surface area contributed by atoms with Crippen LogP contribution in [0.5, 0.6) is 0 Å². The average Bonchev–Trinajstić information content (AvgIpc) is 3.27. The third kappa shape index (κ3) is 2.53. The van der Waals surface area contributed by atoms with Crippen LogP contribution in [0, 0.1) is 11.3 Å². The molecule has 1 N–H and O–H groups in total. The lowest BCUT2D eigenvalue weighted by Crippen LogP contribution is -1.80. The smallest absolute Gasteiger partial charge is 0.101 e. The molecule has 0 saturated carbocycles. The summed E-state index contributed by atoms with van der Waals surface area (Å²) in [6, 6.07) is 19.8. The molecule has 0 fully saturated rings. The minimum Gasteiger partial charge on any atom is -0.352 e. The van der Waals surface area contributed by atoms with E-state index in [4.69, 9.17) is 5.26 Å². The molecule has 0 amide bonds. The molecule has 0 atom stereocenters. The maximum atomic E-state index is 8.61. The van der Waals surface area contributed by atoms with Crippen LogP contribution in [0.2, 0.25) is 0 Å². The van der Waals surface area contributed by atoms with E-state index in [1.807, 2.05) is 42.5 Å². The van der Waals surface area contributed by atoms with Gasteiger partial charge in [-0.2, -0.15) is 5.26 Å². The number of nitrogens with zero attached hydrogens (tertiary/aromatic N) is 2. The van der Waals surface area contributed by atoms with Gasteiger partial charge in [-0.05, 0) is 24.3 Å². The Morgan fingerprint density at radius 1 is 0.947 bits per heavy atom. The standard InChI is InChI=1S/C10H6N2.C6H5N/c11-6-8-5-9-3-1-2-4-10(9)12-7-8;1-2-4-6-5(3-1)7-6/h1-5,7H;1-4,7H. The van der Waals surface area contributed by atoms with Crippen molar-refractivity contribution in [1.82, 2.24) is 4.98 Å². The molecule has 1 aliphatic rings. The number of hydrogen-bond donors (Lipinski definition) is 1. The van der Waals surface area contributed by atoms with E-state index in [9.17, 15) is 0 Å². The highest BCUT2D eigenvalue weighted by Gasteiger charge is 2.10. The normalized spacial score (nSPS) is 10.5. The van der Waals surface area contributed by atoms with E-state index >= 15 is 0 Å². The van der Waals surface area contributed by atoms with Crippen molar-refractivity contribution in [2.24, 2.45) is 0 Å². The van der Waals surface area contributed by atoms with E-state index in [-0.39, 0.29) is 0 Å². The summed E-state index contributed by atoms with van der Waals surface area (Å²) in [6.45, 7) is 0. The molecule has 2 aromatic carbocycles. The first-order valence-electron chi connectivity index (χ1n) is 5.98. The molecule has 0 radical (unpaired) electrons. The summed E-state index contributed by atoms with van der Waals surface area (Å²) in [7, 11) is 0. The Labute approximate surface area is 111 Å². The van der Waals surface area contributed by atoms with Crippen LogP contribution in [0.25, 0.3) is 10.9 Å². The number of aromatic nitrogens is 1. The Morgan fingerprint density at radius 2 is 1.63 bits per heavy atom. The summed E-state index contributed by atoms with van der Waals surface area (Å²) in [5.74, 6) is 0. The lowest BCUT2D eigenvalue weighted by Gasteiger charge is -1.94. The third-order valence-corrected chi connectivity index (χ3v) is 2.85. The van der Waals surface area contributed by atoms with E-state index in [1.165, 1.54) is 11.4 Å². The Morgan fingerprint density at radius 3 is 2.32 bits per heavy atom. The molecule has 1 aromatic heterocycles. The molecule has 1 aliphatic heterocycles. The van der Waals surface area contributed by atoms with Crippen molar-refractivity contribution < 1.29 is 0 Å². The number of pyridine rings is 1. The van der Waals surface area contributed by atoms with Gasteiger partial charge in [-0.3, -0.25) is 4.98 Å². The molecule has 2 heterocycles. The van der Waals surface area contributed by atoms with Gasteiger partial charge < -0.3 is 5.32 Å². The van der Waals surface area contributed by atoms with Crippen LogP contribution >= 0.6 is 0 Å². The molecule has 0 saturated heterocycles. The van der Waals surface area contributed by atoms with E-state index in [0.717, 1.165) is 10.9 Å². The lowest BCUT2D eigenvalue weighted by atomic mass is 10.2. The monoisotopic (exact) mass is 245 g/mol. The highest BCUT2D eigenvalue weighted by molar-refractivity contribution is 5.89. The van der Waals surface area contributed by atoms with E-state index in [2.05, 4.69) is 28.5 Å². The number of nitriles is 1. The lowest BCUT2D eigenvalue weighted by molar-refractivity contribution is 1.37. The molecule has 4 rings (SSSR count). The molecule has 0 unspecified atom stereocenters. The summed E-state index contributed by atoms with van der Waals surface area (Å²) < 4.78 is 0. The number of hydrogen-bond acceptors (Lipinski definition) is 3. The van der Waals surface area contributed by atoms with Crippen molar-refractivity contribution in [2.45, 2.75) is 0 Å². The molecule has 3 aromatic rings. The zero-order valence-corrected chi connectivity index (χ0v) is 10.2. The van der Waals surface area contributed by atoms with Gasteiger partial charge in [0.2, 0.25) is 0 Å². The molecule has 19 heavy (non-hydrogen) atoms. The molecule has 3 nitrogen and oxygen atoms in total. The van der Waals surface area contributed by atoms with Crippen molar-refractivity contribution in [3.05, 3.63) is 66.4 Å². The number of fused-ring (bicyclic) bond motifs is 2. The summed E-state index contributed by atoms with van der Waals surface area (Å²) >= 11 is 0. The van der Waals surface area contributed by atoms with Gasteiger partial charge in [0.1, 0.15) is 6.07 Å². The molecule has 0 aliphatic carbocycles. The fourth-order valence-corrected chi connectivity index (χ4v) is 1.81. The predicted octanol–water partition coefficient (Wildman–Crippen LogP) is 3.85. The van der Waals surface area contributed by atoms with Crippen molar-refractivity contribution in [1.29, 1.82) is 5.26 Å². The summed E-state index contributed by atoms with van der Waals surface area (Å²) in [5, 5.41) is 12.7. The highest BCUT2D eigenvalue weighted by atomic mass is 15.0. The molecule has 0 spiro atoms. The zero-order chi connectivity index (χ0) is 13.1. The van der Waals surface area contributed by atoms with Gasteiger partial charge in [-0.25, -0.2) is 0 Å². The topological polar surface area (TPSA) is 58.6 Å². The largest absolute Gasteiger partial charge is 0.352 e. The zero-order valence-electron chi connectivity index (χ0n) is 10.2. The summed E-state index contributed by atoms with van der Waals surface area (Å²) in [4.78, 5) is 4.13. The quantitative estimate of drug-likeness (QED) is 0.479. The first-order chi connectivity index (χ1) is 9.36. The minimum atomic E-state index is 0.605. The van der Waals surface area contributed by atoms with E-state index < -0.39 is 0 Å².